The summed E-state index contributed by atoms with van der Waals surface area (Å²) >= 11 is 6.29. The molecule has 59 heavy (non-hydrogen) atoms. The van der Waals surface area contributed by atoms with Gasteiger partial charge < -0.3 is 49.3 Å². The van der Waals surface area contributed by atoms with Crippen molar-refractivity contribution in [1.29, 1.82) is 0 Å². The molecule has 2 aliphatic heterocycles. The number of carbonyl (C=O) groups excluding carboxylic acids is 4. The van der Waals surface area contributed by atoms with Crippen molar-refractivity contribution >= 4 is 90.4 Å². The van der Waals surface area contributed by atoms with Crippen LogP contribution < -0.4 is 20.1 Å². The van der Waals surface area contributed by atoms with Crippen LogP contribution in [-0.2, 0) is 19.1 Å². The molecule has 4 N–H and O–H groups in total. The van der Waals surface area contributed by atoms with Gasteiger partial charge >= 0.3 is 12.2 Å². The highest BCUT2D eigenvalue weighted by molar-refractivity contribution is 8.00. The third-order valence-electron chi connectivity index (χ3n) is 10.0. The van der Waals surface area contributed by atoms with E-state index >= 15 is 0 Å². The molecule has 2 fully saturated rings. The quantitative estimate of drug-likeness (QED) is 0.105. The number of fused-ring (bicyclic) bond motifs is 2. The number of nitrogens with one attached hydrogen (secondary N) is 4. The van der Waals surface area contributed by atoms with E-state index < -0.39 is 29.6 Å². The zero-order valence-corrected chi connectivity index (χ0v) is 35.8. The number of methoxy groups -OCH3 is 4. The summed E-state index contributed by atoms with van der Waals surface area (Å²) in [6.07, 6.45) is 2.18. The molecular formula is C39H40N8O8S4. The van der Waals surface area contributed by atoms with Crippen LogP contribution in [0.2, 0.25) is 0 Å². The number of hydrogen-bond donors (Lipinski definition) is 4. The monoisotopic (exact) mass is 876 g/mol. The molecule has 308 valence electrons. The van der Waals surface area contributed by atoms with E-state index in [1.165, 1.54) is 14.2 Å². The average molecular weight is 877 g/mol. The largest absolute Gasteiger partial charge is 0.495 e. The van der Waals surface area contributed by atoms with Crippen molar-refractivity contribution in [2.24, 2.45) is 0 Å². The second-order valence-electron chi connectivity index (χ2n) is 13.5. The summed E-state index contributed by atoms with van der Waals surface area (Å²) in [7, 11) is 5.83. The van der Waals surface area contributed by atoms with Gasteiger partial charge in [0.15, 0.2) is 0 Å². The lowest BCUT2D eigenvalue weighted by Gasteiger charge is -2.27. The molecule has 8 rings (SSSR count). The fourth-order valence-corrected chi connectivity index (χ4v) is 11.9. The molecule has 0 aliphatic carbocycles. The predicted molar refractivity (Wildman–Crippen MR) is 229 cm³/mol. The van der Waals surface area contributed by atoms with E-state index in [1.807, 2.05) is 18.2 Å². The molecule has 6 aromatic rings. The van der Waals surface area contributed by atoms with Gasteiger partial charge in [0.2, 0.25) is 5.91 Å². The minimum absolute atomic E-state index is 0.220. The summed E-state index contributed by atoms with van der Waals surface area (Å²) in [6, 6.07) is 11.5. The fourth-order valence-electron chi connectivity index (χ4n) is 7.21. The SMILES string of the molecule is COC(=O)NC(C)C(=O)N1CCS[C@H]1c1ncc(-c2cc3c(OC)c4sc(-c5cnc([C@@H]6SCCN6C(=O)C(NC(=O)OC)c6ccccc6)[nH]5)cc4c(OC)c3s2)[nH]1. The smallest absolute Gasteiger partial charge is 0.407 e. The van der Waals surface area contributed by atoms with Gasteiger partial charge in [0.25, 0.3) is 5.91 Å². The number of alkyl carbamates (subject to hydrolysis) is 2. The highest BCUT2D eigenvalue weighted by atomic mass is 32.2. The van der Waals surface area contributed by atoms with Crippen molar-refractivity contribution in [3.05, 3.63) is 72.1 Å². The maximum absolute atomic E-state index is 14.0. The van der Waals surface area contributed by atoms with E-state index in [4.69, 9.17) is 19.2 Å². The first-order chi connectivity index (χ1) is 28.6. The normalized spacial score (nSPS) is 17.6. The van der Waals surface area contributed by atoms with E-state index in [0.717, 1.165) is 47.1 Å². The van der Waals surface area contributed by atoms with Crippen molar-refractivity contribution in [3.8, 4) is 32.6 Å². The molecule has 4 aromatic heterocycles. The number of aromatic nitrogens is 4. The van der Waals surface area contributed by atoms with Gasteiger partial charge in [-0.25, -0.2) is 19.6 Å². The predicted octanol–water partition coefficient (Wildman–Crippen LogP) is 6.90. The van der Waals surface area contributed by atoms with Gasteiger partial charge in [-0.15, -0.1) is 46.2 Å². The minimum Gasteiger partial charge on any atom is -0.495 e. The number of thioether (sulfide) groups is 2. The Hall–Kier alpha value is -5.44. The summed E-state index contributed by atoms with van der Waals surface area (Å²) < 4.78 is 23.5. The number of aromatic amines is 2. The van der Waals surface area contributed by atoms with Gasteiger partial charge in [-0.05, 0) is 24.6 Å². The Kier molecular flexibility index (Phi) is 11.7. The molecule has 2 aliphatic rings. The second-order valence-corrected chi connectivity index (χ2v) is 18.0. The van der Waals surface area contributed by atoms with Crippen LogP contribution in [0.4, 0.5) is 9.59 Å². The first kappa shape index (κ1) is 40.3. The van der Waals surface area contributed by atoms with Crippen LogP contribution in [0.15, 0.2) is 54.9 Å². The maximum atomic E-state index is 14.0. The molecule has 20 heteroatoms. The zero-order valence-electron chi connectivity index (χ0n) is 32.5. The van der Waals surface area contributed by atoms with E-state index in [-0.39, 0.29) is 17.2 Å². The average Bonchev–Trinajstić information content (AvgIpc) is 4.10. The number of rotatable bonds is 11. The Morgan fingerprint density at radius 3 is 1.71 bits per heavy atom. The lowest BCUT2D eigenvalue weighted by molar-refractivity contribution is -0.134. The lowest BCUT2D eigenvalue weighted by Crippen LogP contribution is -2.46. The molecule has 0 spiro atoms. The molecule has 0 bridgehead atoms. The number of thiophene rings is 2. The maximum Gasteiger partial charge on any atom is 0.407 e. The zero-order chi connectivity index (χ0) is 41.4. The van der Waals surface area contributed by atoms with Gasteiger partial charge in [0.05, 0.1) is 71.4 Å². The third-order valence-corrected chi connectivity index (χ3v) is 14.8. The van der Waals surface area contributed by atoms with Crippen LogP contribution in [0.5, 0.6) is 11.5 Å². The number of amides is 4. The highest BCUT2D eigenvalue weighted by Gasteiger charge is 2.38. The van der Waals surface area contributed by atoms with Gasteiger partial charge in [-0.2, -0.15) is 0 Å². The number of ether oxygens (including phenoxy) is 4. The fraction of sp³-hybridized carbons (Fsp3) is 0.333. The summed E-state index contributed by atoms with van der Waals surface area (Å²) in [5, 5.41) is 6.29. The van der Waals surface area contributed by atoms with Gasteiger partial charge in [-0.1, -0.05) is 30.3 Å². The number of carbonyl (C=O) groups is 4. The van der Waals surface area contributed by atoms with Crippen molar-refractivity contribution in [3.63, 3.8) is 0 Å². The second kappa shape index (κ2) is 17.0. The van der Waals surface area contributed by atoms with E-state index in [0.29, 0.717) is 47.6 Å². The number of hydrogen-bond acceptors (Lipinski definition) is 14. The molecule has 2 unspecified atom stereocenters. The molecule has 6 heterocycles. The molecule has 4 atom stereocenters. The van der Waals surface area contributed by atoms with Crippen LogP contribution in [-0.4, -0.2) is 113 Å². The van der Waals surface area contributed by atoms with Crippen molar-refractivity contribution < 1.29 is 38.1 Å². The first-order valence-corrected chi connectivity index (χ1v) is 22.2. The molecule has 2 saturated heterocycles. The third kappa shape index (κ3) is 7.65. The number of benzene rings is 2. The number of nitrogens with zero attached hydrogens (tertiary/aromatic N) is 4. The Bertz CT molecular complexity index is 2480. The summed E-state index contributed by atoms with van der Waals surface area (Å²) in [6.45, 7) is 2.64. The Labute approximate surface area is 354 Å². The first-order valence-electron chi connectivity index (χ1n) is 18.4. The summed E-state index contributed by atoms with van der Waals surface area (Å²) in [5.74, 6) is 3.63. The minimum atomic E-state index is -0.925. The van der Waals surface area contributed by atoms with E-state index in [9.17, 15) is 19.2 Å². The lowest BCUT2D eigenvalue weighted by atomic mass is 10.1. The van der Waals surface area contributed by atoms with Crippen molar-refractivity contribution in [2.45, 2.75) is 29.8 Å². The molecule has 0 radical (unpaired) electrons. The summed E-state index contributed by atoms with van der Waals surface area (Å²) in [4.78, 5) is 72.9. The Morgan fingerprint density at radius 2 is 1.22 bits per heavy atom. The van der Waals surface area contributed by atoms with E-state index in [2.05, 4.69) is 42.5 Å². The van der Waals surface area contributed by atoms with Gasteiger partial charge in [0.1, 0.15) is 46.0 Å². The highest BCUT2D eigenvalue weighted by Crippen LogP contribution is 2.52. The van der Waals surface area contributed by atoms with Crippen molar-refractivity contribution in [2.75, 3.05) is 53.0 Å². The van der Waals surface area contributed by atoms with Crippen LogP contribution in [0.1, 0.15) is 40.9 Å². The summed E-state index contributed by atoms with van der Waals surface area (Å²) in [5.41, 5.74) is 2.21. The van der Waals surface area contributed by atoms with Crippen LogP contribution in [0.25, 0.3) is 41.3 Å². The number of imidazole rings is 2. The standard InChI is InChI=1S/C39H40N8O8S4/c1-19(42-38(50)54-4)34(48)46-11-13-56-36(46)32-40-17-23(43-32)25-15-21-28(52-2)31-22(29(53-3)30(21)58-25)16-26(59-31)24-18-41-33(44-24)37-47(12-14-57-37)35(49)27(45-39(51)55-5)20-9-7-6-8-10-20/h6-10,15-19,27,36-37H,11-14H2,1-5H3,(H,40,43)(H,41,44)(H,42,50)(H,45,51)/t19?,27?,36-,37-/m0/s1. The molecule has 2 aromatic carbocycles. The Balaban J connectivity index is 1.06. The molecular weight excluding hydrogens is 837 g/mol. The van der Waals surface area contributed by atoms with E-state index in [1.54, 1.807) is 102 Å². The van der Waals surface area contributed by atoms with Gasteiger partial charge in [0, 0.05) is 35.4 Å². The topological polar surface area (TPSA) is 193 Å². The van der Waals surface area contributed by atoms with Gasteiger partial charge in [-0.3, -0.25) is 9.59 Å². The van der Waals surface area contributed by atoms with Crippen LogP contribution >= 0.6 is 46.2 Å². The molecule has 16 nitrogen and oxygen atoms in total. The van der Waals surface area contributed by atoms with Crippen LogP contribution in [0.3, 0.4) is 0 Å². The molecule has 4 amide bonds. The van der Waals surface area contributed by atoms with Crippen LogP contribution in [0, 0.1) is 0 Å². The van der Waals surface area contributed by atoms with Crippen molar-refractivity contribution in [1.82, 2.24) is 40.4 Å². The molecule has 0 saturated carbocycles. The Morgan fingerprint density at radius 1 is 0.729 bits per heavy atom. The number of H-pyrrole nitrogens is 2.